The molecule has 0 spiro atoms. The summed E-state index contributed by atoms with van der Waals surface area (Å²) in [5.41, 5.74) is 7.43. The SMILES string of the molecule is COc1c(F)cccc1NC1CCN(c2ccc(C3CNNC3)c(OC(F)F)c2)C1=O. The van der Waals surface area contributed by atoms with Crippen molar-refractivity contribution in [3.8, 4) is 11.5 Å². The number of carbonyl (C=O) groups excluding carboxylic acids is 1. The number of ether oxygens (including phenoxy) is 2. The van der Waals surface area contributed by atoms with Crippen LogP contribution in [0.3, 0.4) is 0 Å². The number of amides is 1. The first-order chi connectivity index (χ1) is 15.0. The minimum atomic E-state index is -2.97. The van der Waals surface area contributed by atoms with Gasteiger partial charge in [0.25, 0.3) is 0 Å². The van der Waals surface area contributed by atoms with Gasteiger partial charge in [0.05, 0.1) is 12.8 Å². The molecule has 0 aliphatic carbocycles. The minimum Gasteiger partial charge on any atom is -0.492 e. The molecule has 1 amide bonds. The highest BCUT2D eigenvalue weighted by Gasteiger charge is 2.34. The number of benzene rings is 2. The van der Waals surface area contributed by atoms with Crippen LogP contribution in [0.25, 0.3) is 0 Å². The van der Waals surface area contributed by atoms with Crippen molar-refractivity contribution in [1.29, 1.82) is 0 Å². The number of rotatable bonds is 7. The van der Waals surface area contributed by atoms with Crippen LogP contribution < -0.4 is 30.5 Å². The second-order valence-corrected chi connectivity index (χ2v) is 7.36. The van der Waals surface area contributed by atoms with Crippen LogP contribution in [-0.4, -0.2) is 45.3 Å². The van der Waals surface area contributed by atoms with E-state index in [9.17, 15) is 18.0 Å². The second kappa shape index (κ2) is 9.03. The van der Waals surface area contributed by atoms with Gasteiger partial charge in [0.15, 0.2) is 11.6 Å². The lowest BCUT2D eigenvalue weighted by atomic mass is 9.98. The van der Waals surface area contributed by atoms with Crippen molar-refractivity contribution in [2.75, 3.05) is 37.0 Å². The highest BCUT2D eigenvalue weighted by atomic mass is 19.3. The number of hydrogen-bond acceptors (Lipinski definition) is 6. The van der Waals surface area contributed by atoms with Gasteiger partial charge in [-0.25, -0.2) is 4.39 Å². The maximum absolute atomic E-state index is 13.9. The van der Waals surface area contributed by atoms with Crippen molar-refractivity contribution in [3.63, 3.8) is 0 Å². The maximum Gasteiger partial charge on any atom is 0.387 e. The summed E-state index contributed by atoms with van der Waals surface area (Å²) in [5, 5.41) is 3.03. The van der Waals surface area contributed by atoms with Gasteiger partial charge in [-0.3, -0.25) is 15.6 Å². The third-order valence-electron chi connectivity index (χ3n) is 5.49. The molecule has 2 aromatic carbocycles. The molecule has 2 saturated heterocycles. The Bertz CT molecular complexity index is 953. The van der Waals surface area contributed by atoms with Crippen LogP contribution in [0, 0.1) is 5.82 Å². The number of para-hydroxylation sites is 1. The molecule has 0 saturated carbocycles. The van der Waals surface area contributed by atoms with E-state index in [1.54, 1.807) is 18.2 Å². The second-order valence-electron chi connectivity index (χ2n) is 7.36. The van der Waals surface area contributed by atoms with Crippen LogP contribution in [0.5, 0.6) is 11.5 Å². The third kappa shape index (κ3) is 4.40. The summed E-state index contributed by atoms with van der Waals surface area (Å²) in [6.45, 7) is -1.42. The van der Waals surface area contributed by atoms with Crippen LogP contribution in [0.15, 0.2) is 36.4 Å². The Morgan fingerprint density at radius 2 is 1.97 bits per heavy atom. The fourth-order valence-electron chi connectivity index (χ4n) is 4.00. The fourth-order valence-corrected chi connectivity index (χ4v) is 4.00. The van der Waals surface area contributed by atoms with Crippen molar-refractivity contribution >= 4 is 17.3 Å². The van der Waals surface area contributed by atoms with E-state index in [4.69, 9.17) is 9.47 Å². The molecule has 2 aliphatic rings. The van der Waals surface area contributed by atoms with Crippen LogP contribution in [0.1, 0.15) is 17.9 Å². The molecule has 2 aliphatic heterocycles. The lowest BCUT2D eigenvalue weighted by Crippen LogP contribution is -2.33. The van der Waals surface area contributed by atoms with Crippen LogP contribution >= 0.6 is 0 Å². The summed E-state index contributed by atoms with van der Waals surface area (Å²) in [6, 6.07) is 8.75. The van der Waals surface area contributed by atoms with Gasteiger partial charge in [-0.1, -0.05) is 12.1 Å². The molecule has 2 fully saturated rings. The van der Waals surface area contributed by atoms with Gasteiger partial charge in [-0.2, -0.15) is 8.78 Å². The number of anilines is 2. The van der Waals surface area contributed by atoms with E-state index in [2.05, 4.69) is 16.2 Å². The first-order valence-electron chi connectivity index (χ1n) is 9.93. The largest absolute Gasteiger partial charge is 0.492 e. The molecule has 1 unspecified atom stereocenters. The van der Waals surface area contributed by atoms with Crippen molar-refractivity contribution in [3.05, 3.63) is 47.8 Å². The summed E-state index contributed by atoms with van der Waals surface area (Å²) in [6.07, 6.45) is 0.460. The average molecular weight is 436 g/mol. The van der Waals surface area contributed by atoms with Gasteiger partial charge in [0.2, 0.25) is 5.91 Å². The molecule has 0 bridgehead atoms. The number of halogens is 3. The lowest BCUT2D eigenvalue weighted by Gasteiger charge is -2.21. The Kier molecular flexibility index (Phi) is 6.19. The zero-order valence-electron chi connectivity index (χ0n) is 16.8. The number of carbonyl (C=O) groups is 1. The van der Waals surface area contributed by atoms with Crippen molar-refractivity contribution in [2.45, 2.75) is 25.0 Å². The first kappa shape index (κ1) is 21.3. The molecule has 0 aromatic heterocycles. The van der Waals surface area contributed by atoms with Crippen molar-refractivity contribution < 1.29 is 27.4 Å². The molecular weight excluding hydrogens is 413 g/mol. The molecule has 10 heteroatoms. The molecule has 2 heterocycles. The summed E-state index contributed by atoms with van der Waals surface area (Å²) in [7, 11) is 1.36. The lowest BCUT2D eigenvalue weighted by molar-refractivity contribution is -0.117. The van der Waals surface area contributed by atoms with E-state index in [0.29, 0.717) is 43.0 Å². The molecule has 7 nitrogen and oxygen atoms in total. The number of nitrogens with one attached hydrogen (secondary N) is 3. The van der Waals surface area contributed by atoms with Crippen LogP contribution in [-0.2, 0) is 4.79 Å². The molecule has 4 rings (SSSR count). The number of hydrazine groups is 1. The van der Waals surface area contributed by atoms with Gasteiger partial charge >= 0.3 is 6.61 Å². The number of methoxy groups -OCH3 is 1. The predicted octanol–water partition coefficient (Wildman–Crippen LogP) is 2.84. The first-order valence-corrected chi connectivity index (χ1v) is 9.93. The number of nitrogens with zero attached hydrogens (tertiary/aromatic N) is 1. The molecule has 1 atom stereocenters. The van der Waals surface area contributed by atoms with Gasteiger partial charge in [0.1, 0.15) is 11.8 Å². The Morgan fingerprint density at radius 1 is 1.19 bits per heavy atom. The minimum absolute atomic E-state index is 0.0214. The molecular formula is C21H23F3N4O3. The Hall–Kier alpha value is -2.98. The normalized spacial score (nSPS) is 19.3. The van der Waals surface area contributed by atoms with E-state index >= 15 is 0 Å². The zero-order chi connectivity index (χ0) is 22.0. The van der Waals surface area contributed by atoms with Gasteiger partial charge in [0, 0.05) is 42.9 Å². The highest BCUT2D eigenvalue weighted by molar-refractivity contribution is 6.01. The third-order valence-corrected chi connectivity index (χ3v) is 5.49. The van der Waals surface area contributed by atoms with E-state index in [-0.39, 0.29) is 23.3 Å². The Morgan fingerprint density at radius 3 is 2.68 bits per heavy atom. The zero-order valence-corrected chi connectivity index (χ0v) is 16.8. The summed E-state index contributed by atoms with van der Waals surface area (Å²) >= 11 is 0. The van der Waals surface area contributed by atoms with E-state index in [0.717, 1.165) is 0 Å². The summed E-state index contributed by atoms with van der Waals surface area (Å²) < 4.78 is 49.8. The van der Waals surface area contributed by atoms with Crippen molar-refractivity contribution in [1.82, 2.24) is 10.9 Å². The van der Waals surface area contributed by atoms with Crippen LogP contribution in [0.2, 0.25) is 0 Å². The standard InChI is InChI=1S/C21H23F3N4O3/c1-30-19-15(22)3-2-4-16(19)27-17-7-8-28(20(17)29)13-5-6-14(12-10-25-26-11-12)18(9-13)31-21(23)24/h2-6,9,12,17,21,25-27H,7-8,10-11H2,1H3. The molecule has 2 aromatic rings. The molecule has 166 valence electrons. The van der Waals surface area contributed by atoms with Gasteiger partial charge < -0.3 is 19.7 Å². The molecule has 3 N–H and O–H groups in total. The monoisotopic (exact) mass is 436 g/mol. The van der Waals surface area contributed by atoms with E-state index in [1.807, 2.05) is 0 Å². The molecule has 0 radical (unpaired) electrons. The highest BCUT2D eigenvalue weighted by Crippen LogP contribution is 2.35. The fraction of sp³-hybridized carbons (Fsp3) is 0.381. The number of alkyl halides is 2. The van der Waals surface area contributed by atoms with Gasteiger partial charge in [-0.15, -0.1) is 0 Å². The Labute approximate surface area is 177 Å². The topological polar surface area (TPSA) is 74.9 Å². The van der Waals surface area contributed by atoms with Gasteiger partial charge in [-0.05, 0) is 24.6 Å². The van der Waals surface area contributed by atoms with E-state index < -0.39 is 18.5 Å². The Balaban J connectivity index is 1.55. The molecule has 31 heavy (non-hydrogen) atoms. The smallest absolute Gasteiger partial charge is 0.387 e. The quantitative estimate of drug-likeness (QED) is 0.620. The number of hydrogen-bond donors (Lipinski definition) is 3. The summed E-state index contributed by atoms with van der Waals surface area (Å²) in [5.74, 6) is -0.711. The van der Waals surface area contributed by atoms with E-state index in [1.165, 1.54) is 30.2 Å². The summed E-state index contributed by atoms with van der Waals surface area (Å²) in [4.78, 5) is 14.5. The maximum atomic E-state index is 13.9. The van der Waals surface area contributed by atoms with Crippen molar-refractivity contribution in [2.24, 2.45) is 0 Å². The predicted molar refractivity (Wildman–Crippen MR) is 109 cm³/mol. The average Bonchev–Trinajstić information content (AvgIpc) is 3.39. The van der Waals surface area contributed by atoms with Crippen LogP contribution in [0.4, 0.5) is 24.5 Å².